The predicted octanol–water partition coefficient (Wildman–Crippen LogP) is 3.61. The lowest BCUT2D eigenvalue weighted by Gasteiger charge is -2.10. The van der Waals surface area contributed by atoms with E-state index in [2.05, 4.69) is 39.9 Å². The van der Waals surface area contributed by atoms with Crippen LogP contribution in [0.15, 0.2) is 73.1 Å². The number of aromatic nitrogens is 3. The van der Waals surface area contributed by atoms with Gasteiger partial charge in [-0.25, -0.2) is 4.98 Å². The second-order valence-corrected chi connectivity index (χ2v) is 5.77. The highest BCUT2D eigenvalue weighted by molar-refractivity contribution is 5.80. The van der Waals surface area contributed by atoms with Gasteiger partial charge in [0.25, 0.3) is 0 Å². The standard InChI is InChI=1S/C20H18N4/c21-13-15-5-7-16(8-6-15)14-24-19-4-2-1-3-18(19)23-20(24)17-9-11-22-12-10-17/h1-12H,13-14,21H2. The van der Waals surface area contributed by atoms with Crippen LogP contribution < -0.4 is 5.73 Å². The summed E-state index contributed by atoms with van der Waals surface area (Å²) in [5.74, 6) is 0.960. The van der Waals surface area contributed by atoms with E-state index in [1.165, 1.54) is 5.56 Å². The van der Waals surface area contributed by atoms with Crippen molar-refractivity contribution in [2.24, 2.45) is 5.73 Å². The third-order valence-electron chi connectivity index (χ3n) is 4.19. The number of fused-ring (bicyclic) bond motifs is 1. The van der Waals surface area contributed by atoms with E-state index in [0.29, 0.717) is 6.54 Å². The normalized spacial score (nSPS) is 11.0. The third kappa shape index (κ3) is 2.68. The molecule has 0 spiro atoms. The number of rotatable bonds is 4. The third-order valence-corrected chi connectivity index (χ3v) is 4.19. The quantitative estimate of drug-likeness (QED) is 0.626. The monoisotopic (exact) mass is 314 g/mol. The van der Waals surface area contributed by atoms with Crippen molar-refractivity contribution in [2.75, 3.05) is 0 Å². The Kier molecular flexibility index (Phi) is 3.81. The molecular weight excluding hydrogens is 296 g/mol. The van der Waals surface area contributed by atoms with Gasteiger partial charge in [0.15, 0.2) is 0 Å². The van der Waals surface area contributed by atoms with Crippen LogP contribution in [0.25, 0.3) is 22.4 Å². The largest absolute Gasteiger partial charge is 0.326 e. The van der Waals surface area contributed by atoms with E-state index in [0.717, 1.165) is 34.5 Å². The maximum atomic E-state index is 5.69. The second kappa shape index (κ2) is 6.26. The molecule has 2 N–H and O–H groups in total. The topological polar surface area (TPSA) is 56.7 Å². The van der Waals surface area contributed by atoms with E-state index in [9.17, 15) is 0 Å². The van der Waals surface area contributed by atoms with E-state index in [1.807, 2.05) is 30.3 Å². The fourth-order valence-electron chi connectivity index (χ4n) is 2.92. The lowest BCUT2D eigenvalue weighted by molar-refractivity contribution is 0.833. The first kappa shape index (κ1) is 14.6. The highest BCUT2D eigenvalue weighted by Crippen LogP contribution is 2.25. The first-order valence-electron chi connectivity index (χ1n) is 7.99. The van der Waals surface area contributed by atoms with Gasteiger partial charge < -0.3 is 10.3 Å². The zero-order valence-electron chi connectivity index (χ0n) is 13.3. The van der Waals surface area contributed by atoms with Crippen LogP contribution in [-0.2, 0) is 13.1 Å². The zero-order valence-corrected chi connectivity index (χ0v) is 13.3. The molecule has 0 aliphatic carbocycles. The van der Waals surface area contributed by atoms with Crippen LogP contribution in [0.4, 0.5) is 0 Å². The molecule has 4 nitrogen and oxygen atoms in total. The van der Waals surface area contributed by atoms with E-state index in [1.54, 1.807) is 12.4 Å². The van der Waals surface area contributed by atoms with Crippen molar-refractivity contribution < 1.29 is 0 Å². The molecule has 0 bridgehead atoms. The summed E-state index contributed by atoms with van der Waals surface area (Å²) in [7, 11) is 0. The molecule has 0 aliphatic rings. The van der Waals surface area contributed by atoms with Crippen LogP contribution >= 0.6 is 0 Å². The van der Waals surface area contributed by atoms with Crippen LogP contribution in [0.5, 0.6) is 0 Å². The number of nitrogens with two attached hydrogens (primary N) is 1. The zero-order chi connectivity index (χ0) is 16.4. The fraction of sp³-hybridized carbons (Fsp3) is 0.100. The van der Waals surface area contributed by atoms with Crippen molar-refractivity contribution in [3.63, 3.8) is 0 Å². The minimum absolute atomic E-state index is 0.566. The Morgan fingerprint density at radius 3 is 2.29 bits per heavy atom. The summed E-state index contributed by atoms with van der Waals surface area (Å²) in [4.78, 5) is 8.94. The highest BCUT2D eigenvalue weighted by Gasteiger charge is 2.12. The van der Waals surface area contributed by atoms with Crippen LogP contribution in [0.3, 0.4) is 0 Å². The van der Waals surface area contributed by atoms with Gasteiger partial charge in [0.1, 0.15) is 5.82 Å². The SMILES string of the molecule is NCc1ccc(Cn2c(-c3ccncc3)nc3ccccc32)cc1. The number of pyridine rings is 1. The van der Waals surface area contributed by atoms with Crippen LogP contribution in [-0.4, -0.2) is 14.5 Å². The van der Waals surface area contributed by atoms with Gasteiger partial charge in [-0.1, -0.05) is 36.4 Å². The molecule has 0 radical (unpaired) electrons. The molecule has 118 valence electrons. The summed E-state index contributed by atoms with van der Waals surface area (Å²) in [5.41, 5.74) is 11.3. The molecule has 24 heavy (non-hydrogen) atoms. The Labute approximate surface area is 140 Å². The van der Waals surface area contributed by atoms with E-state index >= 15 is 0 Å². The summed E-state index contributed by atoms with van der Waals surface area (Å²) in [6, 6.07) is 20.7. The summed E-state index contributed by atoms with van der Waals surface area (Å²) >= 11 is 0. The van der Waals surface area contributed by atoms with Crippen molar-refractivity contribution in [3.05, 3.63) is 84.2 Å². The van der Waals surface area contributed by atoms with Gasteiger partial charge in [0.2, 0.25) is 0 Å². The number of nitrogens with zero attached hydrogens (tertiary/aromatic N) is 3. The summed E-state index contributed by atoms with van der Waals surface area (Å²) < 4.78 is 2.25. The number of hydrogen-bond donors (Lipinski definition) is 1. The van der Waals surface area contributed by atoms with Crippen LogP contribution in [0.2, 0.25) is 0 Å². The number of imidazole rings is 1. The van der Waals surface area contributed by atoms with Crippen molar-refractivity contribution in [2.45, 2.75) is 13.1 Å². The summed E-state index contributed by atoms with van der Waals surface area (Å²) in [6.07, 6.45) is 3.60. The van der Waals surface area contributed by atoms with Crippen molar-refractivity contribution >= 4 is 11.0 Å². The minimum atomic E-state index is 0.566. The molecule has 0 saturated heterocycles. The molecule has 0 fully saturated rings. The Bertz CT molecular complexity index is 956. The Morgan fingerprint density at radius 2 is 1.54 bits per heavy atom. The van der Waals surface area contributed by atoms with Gasteiger partial charge in [-0.3, -0.25) is 4.98 Å². The molecule has 2 aromatic carbocycles. The number of hydrogen-bond acceptors (Lipinski definition) is 3. The van der Waals surface area contributed by atoms with Crippen molar-refractivity contribution in [1.82, 2.24) is 14.5 Å². The van der Waals surface area contributed by atoms with Crippen molar-refractivity contribution in [1.29, 1.82) is 0 Å². The molecule has 0 saturated carbocycles. The van der Waals surface area contributed by atoms with Gasteiger partial charge >= 0.3 is 0 Å². The Morgan fingerprint density at radius 1 is 0.833 bits per heavy atom. The fourth-order valence-corrected chi connectivity index (χ4v) is 2.92. The molecular formula is C20H18N4. The summed E-state index contributed by atoms with van der Waals surface area (Å²) in [6.45, 7) is 1.33. The predicted molar refractivity (Wildman–Crippen MR) is 96.4 cm³/mol. The molecule has 0 unspecified atom stereocenters. The second-order valence-electron chi connectivity index (χ2n) is 5.77. The average Bonchev–Trinajstić information content (AvgIpc) is 3.02. The van der Waals surface area contributed by atoms with Crippen molar-refractivity contribution in [3.8, 4) is 11.4 Å². The lowest BCUT2D eigenvalue weighted by atomic mass is 10.1. The Balaban J connectivity index is 1.83. The molecule has 4 heteroatoms. The maximum absolute atomic E-state index is 5.69. The van der Waals surface area contributed by atoms with Crippen LogP contribution in [0.1, 0.15) is 11.1 Å². The smallest absolute Gasteiger partial charge is 0.141 e. The lowest BCUT2D eigenvalue weighted by Crippen LogP contribution is -2.03. The average molecular weight is 314 g/mol. The van der Waals surface area contributed by atoms with Gasteiger partial charge in [0.05, 0.1) is 11.0 Å². The van der Waals surface area contributed by atoms with E-state index in [-0.39, 0.29) is 0 Å². The van der Waals surface area contributed by atoms with Gasteiger partial charge in [-0.15, -0.1) is 0 Å². The molecule has 4 aromatic rings. The van der Waals surface area contributed by atoms with Gasteiger partial charge in [-0.05, 0) is 35.4 Å². The Hall–Kier alpha value is -2.98. The number of para-hydroxylation sites is 2. The summed E-state index contributed by atoms with van der Waals surface area (Å²) in [5, 5.41) is 0. The number of benzene rings is 2. The maximum Gasteiger partial charge on any atom is 0.141 e. The van der Waals surface area contributed by atoms with E-state index in [4.69, 9.17) is 10.7 Å². The molecule has 2 heterocycles. The molecule has 4 rings (SSSR count). The highest BCUT2D eigenvalue weighted by atomic mass is 15.1. The van der Waals surface area contributed by atoms with Gasteiger partial charge in [-0.2, -0.15) is 0 Å². The van der Waals surface area contributed by atoms with Crippen LogP contribution in [0, 0.1) is 0 Å². The van der Waals surface area contributed by atoms with E-state index < -0.39 is 0 Å². The molecule has 2 aromatic heterocycles. The first-order chi connectivity index (χ1) is 11.8. The molecule has 0 aliphatic heterocycles. The molecule has 0 atom stereocenters. The van der Waals surface area contributed by atoms with Gasteiger partial charge in [0, 0.05) is 31.0 Å². The molecule has 0 amide bonds. The minimum Gasteiger partial charge on any atom is -0.326 e. The first-order valence-corrected chi connectivity index (χ1v) is 7.99.